The number of hydrogen-bond acceptors (Lipinski definition) is 3. The fourth-order valence-electron chi connectivity index (χ4n) is 1.80. The van der Waals surface area contributed by atoms with Crippen LogP contribution < -0.4 is 5.32 Å². The van der Waals surface area contributed by atoms with Gasteiger partial charge in [-0.2, -0.15) is 0 Å². The van der Waals surface area contributed by atoms with Crippen LogP contribution in [-0.4, -0.2) is 31.1 Å². The highest BCUT2D eigenvalue weighted by Crippen LogP contribution is 2.27. The first-order valence-corrected chi connectivity index (χ1v) is 6.61. The average molecular weight is 305 g/mol. The Balaban J connectivity index is 2.47. The van der Waals surface area contributed by atoms with Gasteiger partial charge < -0.3 is 5.32 Å². The highest BCUT2D eigenvalue weighted by atomic mass is 35.5. The highest BCUT2D eigenvalue weighted by molar-refractivity contribution is 6.31. The van der Waals surface area contributed by atoms with Crippen LogP contribution in [0.15, 0.2) is 46.6 Å². The van der Waals surface area contributed by atoms with Crippen LogP contribution in [0.4, 0.5) is 10.1 Å². The van der Waals surface area contributed by atoms with Gasteiger partial charge in [-0.15, -0.1) is 0 Å². The number of amidine groups is 1. The zero-order valence-electron chi connectivity index (χ0n) is 11.6. The van der Waals surface area contributed by atoms with E-state index in [1.165, 1.54) is 12.1 Å². The average Bonchev–Trinajstić information content (AvgIpc) is 2.51. The molecule has 0 saturated heterocycles. The summed E-state index contributed by atoms with van der Waals surface area (Å²) in [6, 6.07) is 6.47. The van der Waals surface area contributed by atoms with Crippen LogP contribution in [0, 0.1) is 5.82 Å². The largest absolute Gasteiger partial charge is 0.373 e. The second-order valence-electron chi connectivity index (χ2n) is 4.15. The molecule has 108 valence electrons. The Kier molecular flexibility index (Phi) is 5.00. The lowest BCUT2D eigenvalue weighted by Crippen LogP contribution is -2.19. The molecule has 1 heterocycles. The number of pyridine rings is 1. The maximum atomic E-state index is 13.7. The standard InChI is InChI=1S/C15H14ClFN4/c1-18-15(19-2)11-6-13(17)12(16)7-14(11)21-9-10-4-3-5-20-8-10/h3-9H,1-2H3,(H,18,19). The lowest BCUT2D eigenvalue weighted by atomic mass is 10.1. The number of aliphatic imine (C=N–C) groups is 2. The molecule has 0 unspecified atom stereocenters. The number of rotatable bonds is 3. The van der Waals surface area contributed by atoms with Gasteiger partial charge in [0.25, 0.3) is 0 Å². The maximum Gasteiger partial charge on any atom is 0.142 e. The molecule has 0 bridgehead atoms. The van der Waals surface area contributed by atoms with E-state index in [4.69, 9.17) is 11.6 Å². The first-order chi connectivity index (χ1) is 10.2. The monoisotopic (exact) mass is 304 g/mol. The molecule has 2 rings (SSSR count). The minimum atomic E-state index is -0.511. The molecule has 0 amide bonds. The fourth-order valence-corrected chi connectivity index (χ4v) is 1.95. The van der Waals surface area contributed by atoms with E-state index in [0.717, 1.165) is 5.56 Å². The van der Waals surface area contributed by atoms with E-state index in [2.05, 4.69) is 20.3 Å². The zero-order chi connectivity index (χ0) is 15.2. The summed E-state index contributed by atoms with van der Waals surface area (Å²) in [6.07, 6.45) is 5.00. The molecule has 0 aliphatic carbocycles. The predicted molar refractivity (Wildman–Crippen MR) is 84.4 cm³/mol. The van der Waals surface area contributed by atoms with E-state index in [0.29, 0.717) is 17.1 Å². The topological polar surface area (TPSA) is 49.6 Å². The van der Waals surface area contributed by atoms with Crippen LogP contribution in [0.5, 0.6) is 0 Å². The minimum Gasteiger partial charge on any atom is -0.373 e. The molecular formula is C15H14ClFN4. The molecule has 0 radical (unpaired) electrons. The molecule has 0 spiro atoms. The Morgan fingerprint density at radius 2 is 2.24 bits per heavy atom. The number of benzene rings is 1. The van der Waals surface area contributed by atoms with Crippen molar-refractivity contribution in [3.63, 3.8) is 0 Å². The molecule has 0 aliphatic rings. The van der Waals surface area contributed by atoms with E-state index in [1.807, 2.05) is 12.1 Å². The lowest BCUT2D eigenvalue weighted by molar-refractivity contribution is 0.628. The first-order valence-electron chi connectivity index (χ1n) is 6.23. The van der Waals surface area contributed by atoms with Crippen LogP contribution in [0.1, 0.15) is 11.1 Å². The van der Waals surface area contributed by atoms with Crippen molar-refractivity contribution in [1.82, 2.24) is 10.3 Å². The van der Waals surface area contributed by atoms with Gasteiger partial charge >= 0.3 is 0 Å². The Morgan fingerprint density at radius 3 is 2.86 bits per heavy atom. The Hall–Kier alpha value is -2.27. The van der Waals surface area contributed by atoms with Crippen LogP contribution in [-0.2, 0) is 0 Å². The predicted octanol–water partition coefficient (Wildman–Crippen LogP) is 3.22. The summed E-state index contributed by atoms with van der Waals surface area (Å²) in [5, 5.41) is 2.92. The molecule has 0 fully saturated rings. The zero-order valence-corrected chi connectivity index (χ0v) is 12.4. The van der Waals surface area contributed by atoms with Crippen molar-refractivity contribution in [3.8, 4) is 0 Å². The molecule has 1 aromatic heterocycles. The van der Waals surface area contributed by atoms with Crippen molar-refractivity contribution in [2.24, 2.45) is 9.98 Å². The molecule has 21 heavy (non-hydrogen) atoms. The number of nitrogens with zero attached hydrogens (tertiary/aromatic N) is 3. The van der Waals surface area contributed by atoms with Crippen molar-refractivity contribution in [2.75, 3.05) is 14.1 Å². The van der Waals surface area contributed by atoms with E-state index >= 15 is 0 Å². The Labute approximate surface area is 127 Å². The highest BCUT2D eigenvalue weighted by Gasteiger charge is 2.12. The molecule has 0 saturated carbocycles. The molecule has 0 atom stereocenters. The summed E-state index contributed by atoms with van der Waals surface area (Å²) in [7, 11) is 3.33. The van der Waals surface area contributed by atoms with Gasteiger partial charge in [0.15, 0.2) is 0 Å². The molecule has 4 nitrogen and oxygen atoms in total. The van der Waals surface area contributed by atoms with Gasteiger partial charge in [0.05, 0.1) is 10.7 Å². The van der Waals surface area contributed by atoms with Gasteiger partial charge in [-0.1, -0.05) is 17.7 Å². The summed E-state index contributed by atoms with van der Waals surface area (Å²) in [4.78, 5) is 12.4. The number of aromatic nitrogens is 1. The summed E-state index contributed by atoms with van der Waals surface area (Å²) >= 11 is 5.84. The van der Waals surface area contributed by atoms with Gasteiger partial charge in [-0.3, -0.25) is 15.0 Å². The van der Waals surface area contributed by atoms with Gasteiger partial charge in [0.2, 0.25) is 0 Å². The van der Waals surface area contributed by atoms with E-state index in [9.17, 15) is 4.39 Å². The minimum absolute atomic E-state index is 0.0173. The first kappa shape index (κ1) is 15.1. The second kappa shape index (κ2) is 6.95. The van der Waals surface area contributed by atoms with Crippen LogP contribution in [0.2, 0.25) is 5.02 Å². The molecule has 0 aliphatic heterocycles. The Bertz CT molecular complexity index is 684. The molecule has 6 heteroatoms. The van der Waals surface area contributed by atoms with Crippen LogP contribution in [0.25, 0.3) is 0 Å². The third-order valence-corrected chi connectivity index (χ3v) is 3.08. The van der Waals surface area contributed by atoms with Crippen molar-refractivity contribution >= 4 is 29.3 Å². The maximum absolute atomic E-state index is 13.7. The van der Waals surface area contributed by atoms with Crippen molar-refractivity contribution in [3.05, 3.63) is 58.6 Å². The molecular weight excluding hydrogens is 291 g/mol. The van der Waals surface area contributed by atoms with Gasteiger partial charge in [-0.05, 0) is 18.2 Å². The van der Waals surface area contributed by atoms with Crippen LogP contribution in [0.3, 0.4) is 0 Å². The van der Waals surface area contributed by atoms with Gasteiger partial charge in [0.1, 0.15) is 11.7 Å². The van der Waals surface area contributed by atoms with Crippen molar-refractivity contribution in [2.45, 2.75) is 0 Å². The van der Waals surface area contributed by atoms with Gasteiger partial charge in [-0.25, -0.2) is 4.39 Å². The number of hydrogen-bond donors (Lipinski definition) is 1. The molecule has 2 aromatic rings. The van der Waals surface area contributed by atoms with E-state index < -0.39 is 5.82 Å². The van der Waals surface area contributed by atoms with Crippen molar-refractivity contribution < 1.29 is 4.39 Å². The van der Waals surface area contributed by atoms with Gasteiger partial charge in [0, 0.05) is 43.8 Å². The van der Waals surface area contributed by atoms with Crippen molar-refractivity contribution in [1.29, 1.82) is 0 Å². The Morgan fingerprint density at radius 1 is 1.43 bits per heavy atom. The summed E-state index contributed by atoms with van der Waals surface area (Å²) in [5.74, 6) is 0.0206. The van der Waals surface area contributed by atoms with E-state index in [1.54, 1.807) is 32.7 Å². The fraction of sp³-hybridized carbons (Fsp3) is 0.133. The van der Waals surface area contributed by atoms with E-state index in [-0.39, 0.29) is 5.02 Å². The smallest absolute Gasteiger partial charge is 0.142 e. The molecule has 1 N–H and O–H groups in total. The summed E-state index contributed by atoms with van der Waals surface area (Å²) < 4.78 is 13.7. The number of nitrogens with one attached hydrogen (secondary N) is 1. The van der Waals surface area contributed by atoms with Crippen LogP contribution >= 0.6 is 11.6 Å². The summed E-state index contributed by atoms with van der Waals surface area (Å²) in [6.45, 7) is 0. The number of halogens is 2. The lowest BCUT2D eigenvalue weighted by Gasteiger charge is -2.09. The second-order valence-corrected chi connectivity index (χ2v) is 4.56. The molecule has 1 aromatic carbocycles. The normalized spacial score (nSPS) is 11.9. The SMILES string of the molecule is CN=C(NC)c1cc(F)c(Cl)cc1N=Cc1cccnc1. The third-order valence-electron chi connectivity index (χ3n) is 2.79. The summed E-state index contributed by atoms with van der Waals surface area (Å²) in [5.41, 5.74) is 1.91. The quantitative estimate of drug-likeness (QED) is 0.699. The third kappa shape index (κ3) is 3.64.